The summed E-state index contributed by atoms with van der Waals surface area (Å²) in [6.45, 7) is 0. The summed E-state index contributed by atoms with van der Waals surface area (Å²) in [7, 11) is 0. The Morgan fingerprint density at radius 1 is 0.361 bits per heavy atom. The Morgan fingerprint density at radius 3 is 1.53 bits per heavy atom. The molecule has 36 heavy (non-hydrogen) atoms. The van der Waals surface area contributed by atoms with Crippen LogP contribution in [-0.2, 0) is 0 Å². The third-order valence-electron chi connectivity index (χ3n) is 7.99. The molecule has 0 amide bonds. The second kappa shape index (κ2) is 6.44. The van der Waals surface area contributed by atoms with Crippen molar-refractivity contribution in [3.05, 3.63) is 121 Å². The topological polar surface area (TPSA) is 9.34 Å². The van der Waals surface area contributed by atoms with E-state index in [9.17, 15) is 0 Å². The summed E-state index contributed by atoms with van der Waals surface area (Å²) in [4.78, 5) is 0. The Bertz CT molecular complexity index is 2260. The predicted molar refractivity (Wildman–Crippen MR) is 153 cm³/mol. The normalized spacial score (nSPS) is 12.4. The van der Waals surface area contributed by atoms with Crippen LogP contribution < -0.4 is 0 Å². The van der Waals surface area contributed by atoms with Crippen LogP contribution in [0.2, 0.25) is 0 Å². The van der Waals surface area contributed by atoms with Crippen molar-refractivity contribution in [1.29, 1.82) is 0 Å². The predicted octanol–water partition coefficient (Wildman–Crippen LogP) is 9.09. The maximum Gasteiger partial charge on any atom is 0.0622 e. The first-order valence-corrected chi connectivity index (χ1v) is 12.5. The Morgan fingerprint density at radius 2 is 0.861 bits per heavy atom. The standard InChI is InChI=1S/C34H20N2/c1-2-10-22-18-33-27(17-21(22)9-1)29-20-23(19-28-26-13-5-8-16-32(26)36(33)34(28)29)35-30-14-6-3-11-24(30)25-12-4-7-15-31(25)35/h1-20H. The van der Waals surface area contributed by atoms with E-state index >= 15 is 0 Å². The van der Waals surface area contributed by atoms with Gasteiger partial charge in [0.1, 0.15) is 0 Å². The highest BCUT2D eigenvalue weighted by molar-refractivity contribution is 6.25. The van der Waals surface area contributed by atoms with Crippen molar-refractivity contribution < 1.29 is 0 Å². The van der Waals surface area contributed by atoms with Crippen LogP contribution in [0.5, 0.6) is 0 Å². The lowest BCUT2D eigenvalue weighted by Gasteiger charge is -2.09. The summed E-state index contributed by atoms with van der Waals surface area (Å²) in [6, 6.07) is 44.5. The number of nitrogens with zero attached hydrogens (tertiary/aromatic N) is 2. The van der Waals surface area contributed by atoms with Gasteiger partial charge in [-0.3, -0.25) is 0 Å². The second-order valence-electron chi connectivity index (χ2n) is 9.83. The van der Waals surface area contributed by atoms with E-state index in [0.717, 1.165) is 0 Å². The minimum Gasteiger partial charge on any atom is -0.309 e. The van der Waals surface area contributed by atoms with Crippen LogP contribution in [0.15, 0.2) is 121 Å². The van der Waals surface area contributed by atoms with E-state index in [0.29, 0.717) is 0 Å². The summed E-state index contributed by atoms with van der Waals surface area (Å²) >= 11 is 0. The molecule has 0 aliphatic carbocycles. The van der Waals surface area contributed by atoms with Gasteiger partial charge < -0.3 is 8.97 Å². The third kappa shape index (κ3) is 2.18. The Balaban J connectivity index is 1.54. The van der Waals surface area contributed by atoms with E-state index < -0.39 is 0 Å². The number of para-hydroxylation sites is 3. The second-order valence-corrected chi connectivity index (χ2v) is 9.83. The molecule has 0 unspecified atom stereocenters. The first kappa shape index (κ1) is 18.5. The van der Waals surface area contributed by atoms with Crippen molar-refractivity contribution >= 4 is 70.7 Å². The number of rotatable bonds is 1. The highest BCUT2D eigenvalue weighted by atomic mass is 15.0. The van der Waals surface area contributed by atoms with Gasteiger partial charge in [-0.25, -0.2) is 0 Å². The van der Waals surface area contributed by atoms with Gasteiger partial charge >= 0.3 is 0 Å². The molecule has 0 fully saturated rings. The molecule has 9 aromatic rings. The van der Waals surface area contributed by atoms with Gasteiger partial charge in [0.25, 0.3) is 0 Å². The summed E-state index contributed by atoms with van der Waals surface area (Å²) < 4.78 is 4.91. The molecule has 0 atom stereocenters. The molecule has 166 valence electrons. The number of benzene rings is 6. The van der Waals surface area contributed by atoms with Crippen molar-refractivity contribution in [3.8, 4) is 5.69 Å². The van der Waals surface area contributed by atoms with Gasteiger partial charge in [-0.15, -0.1) is 0 Å². The molecule has 0 aliphatic rings. The summed E-state index contributed by atoms with van der Waals surface area (Å²) in [5, 5.41) is 10.4. The third-order valence-corrected chi connectivity index (χ3v) is 7.99. The summed E-state index contributed by atoms with van der Waals surface area (Å²) in [6.07, 6.45) is 0. The van der Waals surface area contributed by atoms with Crippen LogP contribution in [-0.4, -0.2) is 8.97 Å². The monoisotopic (exact) mass is 456 g/mol. The average molecular weight is 457 g/mol. The lowest BCUT2D eigenvalue weighted by atomic mass is 10.0. The molecule has 9 rings (SSSR count). The van der Waals surface area contributed by atoms with Crippen LogP contribution in [0.4, 0.5) is 0 Å². The van der Waals surface area contributed by atoms with Crippen molar-refractivity contribution in [3.63, 3.8) is 0 Å². The summed E-state index contributed by atoms with van der Waals surface area (Å²) in [5.74, 6) is 0. The van der Waals surface area contributed by atoms with Gasteiger partial charge in [0.05, 0.1) is 27.6 Å². The van der Waals surface area contributed by atoms with E-state index in [1.54, 1.807) is 0 Å². The molecule has 3 aromatic heterocycles. The van der Waals surface area contributed by atoms with Gasteiger partial charge in [0.2, 0.25) is 0 Å². The zero-order valence-electron chi connectivity index (χ0n) is 19.4. The van der Waals surface area contributed by atoms with Crippen molar-refractivity contribution in [2.45, 2.75) is 0 Å². The average Bonchev–Trinajstić information content (AvgIpc) is 3.56. The molecule has 0 aliphatic heterocycles. The lowest BCUT2D eigenvalue weighted by molar-refractivity contribution is 1.19. The quantitative estimate of drug-likeness (QED) is 0.233. The molecule has 0 N–H and O–H groups in total. The van der Waals surface area contributed by atoms with E-state index in [1.807, 2.05) is 0 Å². The van der Waals surface area contributed by atoms with E-state index in [-0.39, 0.29) is 0 Å². The smallest absolute Gasteiger partial charge is 0.0622 e. The van der Waals surface area contributed by atoms with Gasteiger partial charge in [-0.2, -0.15) is 0 Å². The maximum absolute atomic E-state index is 2.47. The fourth-order valence-corrected chi connectivity index (χ4v) is 6.50. The van der Waals surface area contributed by atoms with Crippen molar-refractivity contribution in [2.75, 3.05) is 0 Å². The Labute approximate surface area is 206 Å². The molecule has 6 aromatic carbocycles. The van der Waals surface area contributed by atoms with Crippen molar-refractivity contribution in [2.24, 2.45) is 0 Å². The molecular weight excluding hydrogens is 436 g/mol. The molecule has 3 heterocycles. The lowest BCUT2D eigenvalue weighted by Crippen LogP contribution is -1.93. The summed E-state index contributed by atoms with van der Waals surface area (Å²) in [5.41, 5.74) is 7.54. The molecule has 2 heteroatoms. The zero-order chi connectivity index (χ0) is 23.4. The molecule has 0 saturated carbocycles. The minimum absolute atomic E-state index is 1.21. The fraction of sp³-hybridized carbons (Fsp3) is 0. The van der Waals surface area contributed by atoms with Crippen LogP contribution in [0.25, 0.3) is 76.4 Å². The minimum atomic E-state index is 1.21. The van der Waals surface area contributed by atoms with Crippen LogP contribution in [0.3, 0.4) is 0 Å². The number of fused-ring (bicyclic) bond motifs is 10. The van der Waals surface area contributed by atoms with Crippen LogP contribution in [0, 0.1) is 0 Å². The fourth-order valence-electron chi connectivity index (χ4n) is 6.50. The van der Waals surface area contributed by atoms with Crippen LogP contribution in [0.1, 0.15) is 0 Å². The molecule has 0 bridgehead atoms. The highest BCUT2D eigenvalue weighted by Crippen LogP contribution is 2.43. The Hall–Kier alpha value is -4.82. The van der Waals surface area contributed by atoms with Crippen molar-refractivity contribution in [1.82, 2.24) is 8.97 Å². The highest BCUT2D eigenvalue weighted by Gasteiger charge is 2.20. The van der Waals surface area contributed by atoms with E-state index in [4.69, 9.17) is 0 Å². The van der Waals surface area contributed by atoms with Crippen LogP contribution >= 0.6 is 0 Å². The molecular formula is C34H20N2. The Kier molecular flexibility index (Phi) is 3.31. The molecule has 2 nitrogen and oxygen atoms in total. The van der Waals surface area contributed by atoms with E-state index in [1.165, 1.54) is 76.4 Å². The maximum atomic E-state index is 2.47. The van der Waals surface area contributed by atoms with Gasteiger partial charge in [-0.05, 0) is 53.2 Å². The first-order valence-electron chi connectivity index (χ1n) is 12.5. The first-order chi connectivity index (χ1) is 17.9. The molecule has 0 radical (unpaired) electrons. The number of hydrogen-bond acceptors (Lipinski definition) is 0. The van der Waals surface area contributed by atoms with Gasteiger partial charge in [-0.1, -0.05) is 78.9 Å². The largest absolute Gasteiger partial charge is 0.309 e. The number of aromatic nitrogens is 2. The van der Waals surface area contributed by atoms with E-state index in [2.05, 4.69) is 130 Å². The SMILES string of the molecule is c1ccc2cc3c(cc2c1)c1cc(-n2c4ccccc4c4ccccc42)cc2c4ccccc4n3c21. The molecule has 0 spiro atoms. The zero-order valence-corrected chi connectivity index (χ0v) is 19.4. The molecule has 0 saturated heterocycles. The van der Waals surface area contributed by atoms with Gasteiger partial charge in [0.15, 0.2) is 0 Å². The van der Waals surface area contributed by atoms with Gasteiger partial charge in [0, 0.05) is 38.0 Å². The number of hydrogen-bond donors (Lipinski definition) is 0.